The molecule has 0 aromatic carbocycles. The topological polar surface area (TPSA) is 44.1 Å². The molecule has 0 N–H and O–H groups in total. The number of hydrogen-bond donors (Lipinski definition) is 0. The minimum absolute atomic E-state index is 0.227. The summed E-state index contributed by atoms with van der Waals surface area (Å²) >= 11 is 3.49. The molecule has 25 heavy (non-hydrogen) atoms. The van der Waals surface area contributed by atoms with Crippen molar-refractivity contribution in [3.63, 3.8) is 0 Å². The van der Waals surface area contributed by atoms with Crippen LogP contribution < -0.4 is 5.56 Å². The van der Waals surface area contributed by atoms with Gasteiger partial charge in [-0.1, -0.05) is 24.6 Å². The van der Waals surface area contributed by atoms with Crippen molar-refractivity contribution < 1.29 is 4.74 Å². The van der Waals surface area contributed by atoms with Crippen molar-refractivity contribution in [2.45, 2.75) is 69.0 Å². The summed E-state index contributed by atoms with van der Waals surface area (Å²) in [4.78, 5) is 20.8. The lowest BCUT2D eigenvalue weighted by Crippen LogP contribution is -2.26. The normalized spacial score (nSPS) is 18.1. The van der Waals surface area contributed by atoms with Gasteiger partial charge in [-0.25, -0.2) is 4.98 Å². The third kappa shape index (κ3) is 3.40. The molecule has 0 amide bonds. The van der Waals surface area contributed by atoms with Crippen LogP contribution in [0, 0.1) is 0 Å². The first-order valence-electron chi connectivity index (χ1n) is 9.48. The van der Waals surface area contributed by atoms with Crippen LogP contribution in [0.25, 0.3) is 10.2 Å². The van der Waals surface area contributed by atoms with E-state index in [9.17, 15) is 4.79 Å². The molecule has 6 heteroatoms. The summed E-state index contributed by atoms with van der Waals surface area (Å²) in [5, 5.41) is 1.87. The Hall–Kier alpha value is -0.850. The molecule has 0 atom stereocenters. The lowest BCUT2D eigenvalue weighted by atomic mass is 9.97. The number of rotatable bonds is 6. The summed E-state index contributed by atoms with van der Waals surface area (Å²) in [7, 11) is 1.74. The van der Waals surface area contributed by atoms with Gasteiger partial charge in [0.2, 0.25) is 0 Å². The van der Waals surface area contributed by atoms with Gasteiger partial charge in [-0.05, 0) is 50.5 Å². The van der Waals surface area contributed by atoms with E-state index in [0.29, 0.717) is 6.04 Å². The number of fused-ring (bicyclic) bond motifs is 3. The summed E-state index contributed by atoms with van der Waals surface area (Å²) < 4.78 is 7.21. The Morgan fingerprint density at radius 2 is 2.04 bits per heavy atom. The van der Waals surface area contributed by atoms with Gasteiger partial charge in [-0.2, -0.15) is 0 Å². The fourth-order valence-electron chi connectivity index (χ4n) is 4.15. The van der Waals surface area contributed by atoms with Gasteiger partial charge in [0.1, 0.15) is 4.83 Å². The summed E-state index contributed by atoms with van der Waals surface area (Å²) in [5.74, 6) is 0.948. The Morgan fingerprint density at radius 3 is 2.84 bits per heavy atom. The number of nitrogens with zero attached hydrogens (tertiary/aromatic N) is 2. The zero-order valence-electron chi connectivity index (χ0n) is 14.9. The smallest absolute Gasteiger partial charge is 0.263 e. The Morgan fingerprint density at radius 1 is 1.24 bits per heavy atom. The number of thioether (sulfide) groups is 1. The predicted molar refractivity (Wildman–Crippen MR) is 105 cm³/mol. The standard InChI is InChI=1S/C19H26N2O2S2/c1-23-11-6-12-24-19-20-17-16(14-9-4-5-10-15(14)25-17)18(22)21(19)13-7-2-3-8-13/h13H,2-12H2,1H3. The molecule has 136 valence electrons. The zero-order chi connectivity index (χ0) is 17.2. The van der Waals surface area contributed by atoms with Gasteiger partial charge in [-0.15, -0.1) is 11.3 Å². The summed E-state index contributed by atoms with van der Waals surface area (Å²) in [6.07, 6.45) is 10.3. The van der Waals surface area contributed by atoms with Crippen molar-refractivity contribution in [2.24, 2.45) is 0 Å². The molecule has 2 aliphatic rings. The Balaban J connectivity index is 1.78. The molecule has 0 aliphatic heterocycles. The molecule has 2 aliphatic carbocycles. The molecule has 0 saturated heterocycles. The Labute approximate surface area is 157 Å². The number of aryl methyl sites for hydroxylation is 2. The minimum Gasteiger partial charge on any atom is -0.385 e. The first-order chi connectivity index (χ1) is 12.3. The molecule has 0 radical (unpaired) electrons. The fourth-order valence-corrected chi connectivity index (χ4v) is 6.43. The van der Waals surface area contributed by atoms with Gasteiger partial charge in [0, 0.05) is 30.4 Å². The number of hydrogen-bond acceptors (Lipinski definition) is 5. The average Bonchev–Trinajstić information content (AvgIpc) is 3.26. The number of ether oxygens (including phenoxy) is 1. The van der Waals surface area contributed by atoms with E-state index < -0.39 is 0 Å². The maximum Gasteiger partial charge on any atom is 0.263 e. The van der Waals surface area contributed by atoms with Crippen LogP contribution in [0.5, 0.6) is 0 Å². The van der Waals surface area contributed by atoms with Crippen LogP contribution in [-0.4, -0.2) is 29.0 Å². The molecule has 1 fully saturated rings. The minimum atomic E-state index is 0.227. The van der Waals surface area contributed by atoms with Crippen LogP contribution in [0.1, 0.15) is 61.4 Å². The van der Waals surface area contributed by atoms with Crippen LogP contribution in [0.15, 0.2) is 9.95 Å². The number of thiophene rings is 1. The molecule has 0 unspecified atom stereocenters. The highest BCUT2D eigenvalue weighted by atomic mass is 32.2. The monoisotopic (exact) mass is 378 g/mol. The van der Waals surface area contributed by atoms with Gasteiger partial charge in [0.05, 0.1) is 5.39 Å². The largest absolute Gasteiger partial charge is 0.385 e. The van der Waals surface area contributed by atoms with Gasteiger partial charge in [0.25, 0.3) is 5.56 Å². The molecule has 2 heterocycles. The highest BCUT2D eigenvalue weighted by molar-refractivity contribution is 7.99. The number of methoxy groups -OCH3 is 1. The van der Waals surface area contributed by atoms with E-state index >= 15 is 0 Å². The summed E-state index contributed by atoms with van der Waals surface area (Å²) in [6, 6.07) is 0.341. The van der Waals surface area contributed by atoms with Crippen LogP contribution in [0.3, 0.4) is 0 Å². The summed E-state index contributed by atoms with van der Waals surface area (Å²) in [6.45, 7) is 0.760. The SMILES string of the molecule is COCCCSc1nc2sc3c(c2c(=O)n1C1CCCC1)CCCC3. The van der Waals surface area contributed by atoms with E-state index in [4.69, 9.17) is 9.72 Å². The number of aromatic nitrogens is 2. The van der Waals surface area contributed by atoms with E-state index in [1.54, 1.807) is 30.2 Å². The quantitative estimate of drug-likeness (QED) is 0.419. The van der Waals surface area contributed by atoms with Crippen molar-refractivity contribution in [2.75, 3.05) is 19.5 Å². The molecule has 2 aromatic rings. The van der Waals surface area contributed by atoms with Gasteiger partial charge in [-0.3, -0.25) is 9.36 Å². The van der Waals surface area contributed by atoms with Crippen LogP contribution in [0.4, 0.5) is 0 Å². The molecule has 4 rings (SSSR count). The van der Waals surface area contributed by atoms with Gasteiger partial charge < -0.3 is 4.74 Å². The van der Waals surface area contributed by atoms with Crippen molar-refractivity contribution in [1.29, 1.82) is 0 Å². The van der Waals surface area contributed by atoms with E-state index in [1.807, 2.05) is 0 Å². The highest BCUT2D eigenvalue weighted by Crippen LogP contribution is 2.37. The Bertz CT molecular complexity index is 806. The van der Waals surface area contributed by atoms with E-state index in [2.05, 4.69) is 4.57 Å². The first-order valence-corrected chi connectivity index (χ1v) is 11.3. The highest BCUT2D eigenvalue weighted by Gasteiger charge is 2.26. The van der Waals surface area contributed by atoms with E-state index in [0.717, 1.165) is 59.8 Å². The molecular weight excluding hydrogens is 352 g/mol. The fraction of sp³-hybridized carbons (Fsp3) is 0.684. The van der Waals surface area contributed by atoms with Crippen molar-refractivity contribution in [1.82, 2.24) is 9.55 Å². The summed E-state index contributed by atoms with van der Waals surface area (Å²) in [5.41, 5.74) is 1.54. The van der Waals surface area contributed by atoms with E-state index in [-0.39, 0.29) is 5.56 Å². The maximum absolute atomic E-state index is 13.4. The first kappa shape index (κ1) is 17.6. The maximum atomic E-state index is 13.4. The lowest BCUT2D eigenvalue weighted by molar-refractivity contribution is 0.200. The molecule has 0 bridgehead atoms. The average molecular weight is 379 g/mol. The van der Waals surface area contributed by atoms with Crippen molar-refractivity contribution in [3.8, 4) is 0 Å². The van der Waals surface area contributed by atoms with Crippen LogP contribution >= 0.6 is 23.1 Å². The predicted octanol–water partition coefficient (Wildman–Crippen LogP) is 4.58. The van der Waals surface area contributed by atoms with Crippen molar-refractivity contribution >= 4 is 33.3 Å². The second kappa shape index (κ2) is 7.80. The van der Waals surface area contributed by atoms with E-state index in [1.165, 1.54) is 36.1 Å². The van der Waals surface area contributed by atoms with Gasteiger partial charge >= 0.3 is 0 Å². The lowest BCUT2D eigenvalue weighted by Gasteiger charge is -2.18. The molecule has 1 saturated carbocycles. The second-order valence-electron chi connectivity index (χ2n) is 7.09. The molecule has 0 spiro atoms. The third-order valence-corrected chi connectivity index (χ3v) is 7.63. The molecule has 4 nitrogen and oxygen atoms in total. The molecule has 2 aromatic heterocycles. The van der Waals surface area contributed by atoms with Crippen LogP contribution in [0.2, 0.25) is 0 Å². The van der Waals surface area contributed by atoms with Gasteiger partial charge in [0.15, 0.2) is 5.16 Å². The van der Waals surface area contributed by atoms with Crippen molar-refractivity contribution in [3.05, 3.63) is 20.8 Å². The van der Waals surface area contributed by atoms with Crippen LogP contribution in [-0.2, 0) is 17.6 Å². The second-order valence-corrected chi connectivity index (χ2v) is 9.24. The zero-order valence-corrected chi connectivity index (χ0v) is 16.5. The Kier molecular flexibility index (Phi) is 5.48. The third-order valence-electron chi connectivity index (χ3n) is 5.40. The molecular formula is C19H26N2O2S2.